The van der Waals surface area contributed by atoms with Crippen LogP contribution >= 0.6 is 11.8 Å². The maximum atomic E-state index is 13.2. The quantitative estimate of drug-likeness (QED) is 0.161. The first-order chi connectivity index (χ1) is 18.3. The van der Waals surface area contributed by atoms with Gasteiger partial charge in [-0.15, -0.1) is 0 Å². The lowest BCUT2D eigenvalue weighted by atomic mass is 10.0. The number of esters is 1. The van der Waals surface area contributed by atoms with Crippen LogP contribution in [0.5, 0.6) is 0 Å². The molecule has 0 spiro atoms. The summed E-state index contributed by atoms with van der Waals surface area (Å²) in [5, 5.41) is 0. The molecule has 6 nitrogen and oxygen atoms in total. The number of ketones is 1. The maximum absolute atomic E-state index is 13.2. The van der Waals surface area contributed by atoms with E-state index >= 15 is 0 Å². The monoisotopic (exact) mass is 521 g/mol. The third kappa shape index (κ3) is 5.01. The Morgan fingerprint density at radius 3 is 2.08 bits per heavy atom. The number of carbonyl (C=O) groups excluding carboxylic acids is 4. The van der Waals surface area contributed by atoms with Crippen LogP contribution < -0.4 is 4.90 Å². The van der Waals surface area contributed by atoms with Crippen molar-refractivity contribution in [3.8, 4) is 0 Å². The summed E-state index contributed by atoms with van der Waals surface area (Å²) >= 11 is 1.58. The molecular weight excluding hydrogens is 498 g/mol. The van der Waals surface area contributed by atoms with Gasteiger partial charge in [-0.05, 0) is 85.6 Å². The second-order valence-electron chi connectivity index (χ2n) is 8.91. The Kier molecular flexibility index (Phi) is 6.94. The van der Waals surface area contributed by atoms with E-state index in [4.69, 9.17) is 4.74 Å². The molecule has 4 aromatic carbocycles. The van der Waals surface area contributed by atoms with Gasteiger partial charge in [0, 0.05) is 15.4 Å². The number of hydrogen-bond acceptors (Lipinski definition) is 6. The highest BCUT2D eigenvalue weighted by atomic mass is 32.2. The zero-order valence-corrected chi connectivity index (χ0v) is 21.6. The van der Waals surface area contributed by atoms with Crippen molar-refractivity contribution in [3.63, 3.8) is 0 Å². The zero-order chi connectivity index (χ0) is 26.8. The predicted molar refractivity (Wildman–Crippen MR) is 145 cm³/mol. The number of carbonyl (C=O) groups is 4. The number of nitrogens with zero attached hydrogens (tertiary/aromatic N) is 1. The number of hydrogen-bond donors (Lipinski definition) is 0. The first kappa shape index (κ1) is 25.2. The summed E-state index contributed by atoms with van der Waals surface area (Å²) in [6, 6.07) is 26.5. The van der Waals surface area contributed by atoms with E-state index in [9.17, 15) is 19.2 Å². The normalized spacial score (nSPS) is 12.4. The molecule has 4 aromatic rings. The number of imide groups is 1. The summed E-state index contributed by atoms with van der Waals surface area (Å²) < 4.78 is 5.21. The van der Waals surface area contributed by atoms with Gasteiger partial charge in [0.2, 0.25) is 0 Å². The third-order valence-corrected chi connectivity index (χ3v) is 7.38. The Balaban J connectivity index is 1.28. The second-order valence-corrected chi connectivity index (χ2v) is 10.1. The molecule has 0 saturated heterocycles. The fourth-order valence-corrected chi connectivity index (χ4v) is 4.94. The Labute approximate surface area is 224 Å². The standard InChI is InChI=1S/C31H23NO5S/c1-19-8-9-21(16-20(19)2)28(33)18-37-31(36)22-10-15-26-27(17-22)30(35)32(29(26)34)23-11-13-25(14-12-23)38-24-6-4-3-5-7-24/h3-17H,18H2,1-2H3. The number of benzene rings is 4. The molecule has 0 atom stereocenters. The van der Waals surface area contributed by atoms with Gasteiger partial charge in [0.1, 0.15) is 0 Å². The van der Waals surface area contributed by atoms with Gasteiger partial charge in [-0.2, -0.15) is 0 Å². The van der Waals surface area contributed by atoms with Crippen molar-refractivity contribution < 1.29 is 23.9 Å². The molecule has 1 heterocycles. The van der Waals surface area contributed by atoms with Crippen LogP contribution in [0.3, 0.4) is 0 Å². The number of amides is 2. The topological polar surface area (TPSA) is 80.8 Å². The first-order valence-corrected chi connectivity index (χ1v) is 12.8. The fraction of sp³-hybridized carbons (Fsp3) is 0.0968. The Bertz CT molecular complexity index is 1580. The van der Waals surface area contributed by atoms with Crippen molar-refractivity contribution in [1.82, 2.24) is 0 Å². The minimum Gasteiger partial charge on any atom is -0.454 e. The van der Waals surface area contributed by atoms with Crippen molar-refractivity contribution in [2.24, 2.45) is 0 Å². The van der Waals surface area contributed by atoms with E-state index in [2.05, 4.69) is 0 Å². The number of aryl methyl sites for hydroxylation is 2. The third-order valence-electron chi connectivity index (χ3n) is 6.36. The number of ether oxygens (including phenoxy) is 1. The number of anilines is 1. The summed E-state index contributed by atoms with van der Waals surface area (Å²) in [6.45, 7) is 3.43. The minimum absolute atomic E-state index is 0.0919. The molecule has 0 aromatic heterocycles. The van der Waals surface area contributed by atoms with Crippen LogP contribution in [-0.4, -0.2) is 30.2 Å². The van der Waals surface area contributed by atoms with E-state index in [0.29, 0.717) is 11.3 Å². The van der Waals surface area contributed by atoms with Gasteiger partial charge in [-0.3, -0.25) is 14.4 Å². The number of Topliss-reactive ketones (excluding diaryl/α,β-unsaturated/α-hetero) is 1. The van der Waals surface area contributed by atoms with Gasteiger partial charge < -0.3 is 4.74 Å². The van der Waals surface area contributed by atoms with Crippen molar-refractivity contribution in [3.05, 3.63) is 124 Å². The van der Waals surface area contributed by atoms with Crippen molar-refractivity contribution in [2.75, 3.05) is 11.5 Å². The average molecular weight is 522 g/mol. The molecule has 0 aliphatic carbocycles. The summed E-state index contributed by atoms with van der Waals surface area (Å²) in [4.78, 5) is 54.4. The van der Waals surface area contributed by atoms with Crippen molar-refractivity contribution in [2.45, 2.75) is 23.6 Å². The smallest absolute Gasteiger partial charge is 0.338 e. The summed E-state index contributed by atoms with van der Waals surface area (Å²) in [6.07, 6.45) is 0. The van der Waals surface area contributed by atoms with Gasteiger partial charge in [0.15, 0.2) is 12.4 Å². The van der Waals surface area contributed by atoms with Crippen LogP contribution in [0.25, 0.3) is 0 Å². The van der Waals surface area contributed by atoms with Crippen LogP contribution in [0.4, 0.5) is 5.69 Å². The van der Waals surface area contributed by atoms with E-state index < -0.39 is 24.4 Å². The van der Waals surface area contributed by atoms with Crippen LogP contribution in [0, 0.1) is 13.8 Å². The van der Waals surface area contributed by atoms with Crippen molar-refractivity contribution in [1.29, 1.82) is 0 Å². The van der Waals surface area contributed by atoms with Crippen LogP contribution in [-0.2, 0) is 4.74 Å². The molecule has 1 aliphatic rings. The van der Waals surface area contributed by atoms with Gasteiger partial charge >= 0.3 is 5.97 Å². The molecule has 0 bridgehead atoms. The Morgan fingerprint density at radius 2 is 1.37 bits per heavy atom. The highest BCUT2D eigenvalue weighted by Gasteiger charge is 2.37. The Hall–Kier alpha value is -4.49. The van der Waals surface area contributed by atoms with E-state index in [0.717, 1.165) is 25.8 Å². The minimum atomic E-state index is -0.744. The first-order valence-electron chi connectivity index (χ1n) is 12.0. The van der Waals surface area contributed by atoms with Crippen LogP contribution in [0.1, 0.15) is 52.6 Å². The summed E-state index contributed by atoms with van der Waals surface area (Å²) in [5.41, 5.74) is 3.35. The molecule has 0 radical (unpaired) electrons. The molecule has 5 rings (SSSR count). The second kappa shape index (κ2) is 10.5. The molecule has 0 fully saturated rings. The molecule has 2 amide bonds. The van der Waals surface area contributed by atoms with Gasteiger partial charge in [-0.1, -0.05) is 42.1 Å². The molecule has 38 heavy (non-hydrogen) atoms. The molecule has 0 saturated carbocycles. The van der Waals surface area contributed by atoms with Crippen molar-refractivity contribution >= 4 is 41.0 Å². The summed E-state index contributed by atoms with van der Waals surface area (Å²) in [7, 11) is 0. The number of rotatable bonds is 7. The molecule has 0 unspecified atom stereocenters. The fourth-order valence-electron chi connectivity index (χ4n) is 4.10. The zero-order valence-electron chi connectivity index (χ0n) is 20.8. The van der Waals surface area contributed by atoms with Gasteiger partial charge in [-0.25, -0.2) is 9.69 Å². The van der Waals surface area contributed by atoms with E-state index in [-0.39, 0.29) is 22.5 Å². The molecule has 7 heteroatoms. The predicted octanol–water partition coefficient (Wildman–Crippen LogP) is 6.29. The van der Waals surface area contributed by atoms with Crippen LogP contribution in [0.2, 0.25) is 0 Å². The Morgan fingerprint density at radius 1 is 0.711 bits per heavy atom. The summed E-state index contributed by atoms with van der Waals surface area (Å²) in [5.74, 6) is -2.05. The molecule has 1 aliphatic heterocycles. The molecule has 0 N–H and O–H groups in total. The van der Waals surface area contributed by atoms with E-state index in [1.165, 1.54) is 18.2 Å². The highest BCUT2D eigenvalue weighted by molar-refractivity contribution is 7.99. The lowest BCUT2D eigenvalue weighted by Crippen LogP contribution is -2.29. The lowest BCUT2D eigenvalue weighted by molar-refractivity contribution is 0.0474. The lowest BCUT2D eigenvalue weighted by Gasteiger charge is -2.14. The SMILES string of the molecule is Cc1ccc(C(=O)COC(=O)c2ccc3c(c2)C(=O)N(c2ccc(Sc4ccccc4)cc2)C3=O)cc1C. The van der Waals surface area contributed by atoms with Gasteiger partial charge in [0.25, 0.3) is 11.8 Å². The average Bonchev–Trinajstić information content (AvgIpc) is 3.18. The van der Waals surface area contributed by atoms with Gasteiger partial charge in [0.05, 0.1) is 22.4 Å². The number of fused-ring (bicyclic) bond motifs is 1. The largest absolute Gasteiger partial charge is 0.454 e. The molecule has 188 valence electrons. The van der Waals surface area contributed by atoms with E-state index in [1.54, 1.807) is 36.0 Å². The van der Waals surface area contributed by atoms with Crippen LogP contribution in [0.15, 0.2) is 101 Å². The highest BCUT2D eigenvalue weighted by Crippen LogP contribution is 2.32. The molecular formula is C31H23NO5S. The van der Waals surface area contributed by atoms with E-state index in [1.807, 2.05) is 62.4 Å². The maximum Gasteiger partial charge on any atom is 0.338 e.